The normalized spacial score (nSPS) is 16.2. The Kier molecular flexibility index (Phi) is 10.7. The van der Waals surface area contributed by atoms with Gasteiger partial charge in [-0.05, 0) is 100 Å². The highest BCUT2D eigenvalue weighted by atomic mass is 19.1. The Bertz CT molecular complexity index is 1510. The number of hydrogen-bond acceptors (Lipinski definition) is 5. The second-order valence-corrected chi connectivity index (χ2v) is 13.4. The summed E-state index contributed by atoms with van der Waals surface area (Å²) in [4.78, 5) is 26.3. The molecule has 0 heterocycles. The van der Waals surface area contributed by atoms with Gasteiger partial charge in [-0.25, -0.2) is 9.18 Å². The summed E-state index contributed by atoms with van der Waals surface area (Å²) in [5.74, 6) is -0.629. The van der Waals surface area contributed by atoms with Gasteiger partial charge in [0.1, 0.15) is 11.4 Å². The van der Waals surface area contributed by atoms with Gasteiger partial charge in [0.15, 0.2) is 0 Å². The minimum absolute atomic E-state index is 0.170. The van der Waals surface area contributed by atoms with Crippen molar-refractivity contribution in [3.63, 3.8) is 0 Å². The van der Waals surface area contributed by atoms with E-state index in [4.69, 9.17) is 9.47 Å². The van der Waals surface area contributed by atoms with Gasteiger partial charge in [-0.3, -0.25) is 4.79 Å². The Morgan fingerprint density at radius 1 is 0.978 bits per heavy atom. The van der Waals surface area contributed by atoms with Crippen molar-refractivity contribution in [3.05, 3.63) is 106 Å². The first-order valence-corrected chi connectivity index (χ1v) is 15.5. The van der Waals surface area contributed by atoms with Gasteiger partial charge in [0.05, 0.1) is 36.3 Å². The topological polar surface area (TPSA) is 100 Å². The predicted molar refractivity (Wildman–Crippen MR) is 172 cm³/mol. The van der Waals surface area contributed by atoms with Gasteiger partial charge in [-0.2, -0.15) is 5.26 Å². The molecule has 45 heavy (non-hydrogen) atoms. The molecule has 238 valence electrons. The molecule has 1 aliphatic carbocycles. The third kappa shape index (κ3) is 9.39. The zero-order valence-corrected chi connectivity index (χ0v) is 26.9. The average molecular weight is 614 g/mol. The highest BCUT2D eigenvalue weighted by molar-refractivity contribution is 5.95. The van der Waals surface area contributed by atoms with Crippen molar-refractivity contribution in [2.24, 2.45) is 0 Å². The molecule has 8 heteroatoms. The number of alkyl carbamates (subject to hydrolysis) is 1. The molecular weight excluding hydrogens is 569 g/mol. The molecule has 0 radical (unpaired) electrons. The van der Waals surface area contributed by atoms with Crippen LogP contribution in [0, 0.1) is 17.1 Å². The molecule has 0 spiro atoms. The number of nitrogens with zero attached hydrogens (tertiary/aromatic N) is 1. The number of halogens is 1. The van der Waals surface area contributed by atoms with E-state index < -0.39 is 22.6 Å². The van der Waals surface area contributed by atoms with Gasteiger partial charge in [-0.1, -0.05) is 61.4 Å². The molecular formula is C37H44FN3O4. The lowest BCUT2D eigenvalue weighted by molar-refractivity contribution is 0.0287. The van der Waals surface area contributed by atoms with Crippen LogP contribution in [0.2, 0.25) is 0 Å². The van der Waals surface area contributed by atoms with Crippen LogP contribution in [-0.4, -0.2) is 29.7 Å². The number of amides is 2. The van der Waals surface area contributed by atoms with Gasteiger partial charge in [0.25, 0.3) is 5.91 Å². The fraction of sp³-hybridized carbons (Fsp3) is 0.432. The molecule has 0 bridgehead atoms. The summed E-state index contributed by atoms with van der Waals surface area (Å²) in [5.41, 5.74) is 1.72. The maximum Gasteiger partial charge on any atom is 0.408 e. The van der Waals surface area contributed by atoms with Gasteiger partial charge >= 0.3 is 6.09 Å². The average Bonchev–Trinajstić information content (AvgIpc) is 3.47. The van der Waals surface area contributed by atoms with E-state index in [0.29, 0.717) is 12.0 Å². The zero-order valence-electron chi connectivity index (χ0n) is 26.9. The number of rotatable bonds is 11. The monoisotopic (exact) mass is 613 g/mol. The van der Waals surface area contributed by atoms with Crippen LogP contribution in [0.15, 0.2) is 72.8 Å². The maximum atomic E-state index is 13.5. The number of carbonyl (C=O) groups is 2. The van der Waals surface area contributed by atoms with E-state index in [1.54, 1.807) is 18.2 Å². The van der Waals surface area contributed by atoms with Gasteiger partial charge < -0.3 is 20.1 Å². The smallest absolute Gasteiger partial charge is 0.408 e. The minimum atomic E-state index is -0.786. The third-order valence-electron chi connectivity index (χ3n) is 8.13. The first-order valence-electron chi connectivity index (χ1n) is 15.5. The second kappa shape index (κ2) is 14.3. The predicted octanol–water partition coefficient (Wildman–Crippen LogP) is 7.69. The molecule has 1 aliphatic rings. The standard InChI is InChI=1S/C37H44FN3O4/c1-26(29-13-15-32(38)16-14-29)40-33(42)30-19-28(20-31(21-30)37(24-39)17-9-10-18-37)23-44-25-36(5,22-27-11-7-6-8-12-27)41-34(43)45-35(2,3)4/h6-8,11-16,19-21,26H,9-10,17-18,22-23,25H2,1-5H3,(H,40,42)(H,41,43). The van der Waals surface area contributed by atoms with E-state index in [0.717, 1.165) is 47.9 Å². The van der Waals surface area contributed by atoms with Crippen LogP contribution in [0.25, 0.3) is 0 Å². The van der Waals surface area contributed by atoms with Crippen LogP contribution in [-0.2, 0) is 27.9 Å². The Labute approximate surface area is 266 Å². The first-order chi connectivity index (χ1) is 21.3. The molecule has 0 aliphatic heterocycles. The highest BCUT2D eigenvalue weighted by Gasteiger charge is 2.37. The second-order valence-electron chi connectivity index (χ2n) is 13.4. The molecule has 2 atom stereocenters. The van der Waals surface area contributed by atoms with Crippen molar-refractivity contribution >= 4 is 12.0 Å². The van der Waals surface area contributed by atoms with Crippen LogP contribution in [0.5, 0.6) is 0 Å². The zero-order chi connectivity index (χ0) is 32.7. The number of benzene rings is 3. The number of ether oxygens (including phenoxy) is 2. The summed E-state index contributed by atoms with van der Waals surface area (Å²) < 4.78 is 25.2. The Hall–Kier alpha value is -4.22. The third-order valence-corrected chi connectivity index (χ3v) is 8.13. The Morgan fingerprint density at radius 3 is 2.27 bits per heavy atom. The molecule has 4 rings (SSSR count). The van der Waals surface area contributed by atoms with E-state index in [2.05, 4.69) is 16.7 Å². The fourth-order valence-electron chi connectivity index (χ4n) is 5.86. The van der Waals surface area contributed by atoms with Crippen LogP contribution < -0.4 is 10.6 Å². The SMILES string of the molecule is CC(NC(=O)c1cc(COCC(C)(Cc2ccccc2)NC(=O)OC(C)(C)C)cc(C2(C#N)CCCC2)c1)c1ccc(F)cc1. The van der Waals surface area contributed by atoms with Crippen molar-refractivity contribution in [1.82, 2.24) is 10.6 Å². The molecule has 3 aromatic carbocycles. The molecule has 2 unspecified atom stereocenters. The van der Waals surface area contributed by atoms with E-state index in [1.807, 2.05) is 77.1 Å². The molecule has 2 N–H and O–H groups in total. The number of carbonyl (C=O) groups excluding carboxylic acids is 2. The lowest BCUT2D eigenvalue weighted by Gasteiger charge is -2.32. The van der Waals surface area contributed by atoms with Gasteiger partial charge in [-0.15, -0.1) is 0 Å². The van der Waals surface area contributed by atoms with Crippen molar-refractivity contribution in [3.8, 4) is 6.07 Å². The van der Waals surface area contributed by atoms with Crippen LogP contribution in [0.3, 0.4) is 0 Å². The molecule has 1 fully saturated rings. The molecule has 0 saturated heterocycles. The lowest BCUT2D eigenvalue weighted by Crippen LogP contribution is -2.52. The quantitative estimate of drug-likeness (QED) is 0.231. The van der Waals surface area contributed by atoms with Crippen LogP contribution >= 0.6 is 0 Å². The largest absolute Gasteiger partial charge is 0.444 e. The Balaban J connectivity index is 1.56. The summed E-state index contributed by atoms with van der Waals surface area (Å²) in [6.45, 7) is 9.56. The number of hydrogen-bond donors (Lipinski definition) is 2. The van der Waals surface area contributed by atoms with E-state index in [9.17, 15) is 19.2 Å². The lowest BCUT2D eigenvalue weighted by atomic mass is 9.79. The maximum absolute atomic E-state index is 13.5. The van der Waals surface area contributed by atoms with Crippen LogP contribution in [0.4, 0.5) is 9.18 Å². The summed E-state index contributed by atoms with van der Waals surface area (Å²) in [5, 5.41) is 16.2. The first kappa shape index (κ1) is 33.7. The summed E-state index contributed by atoms with van der Waals surface area (Å²) in [7, 11) is 0. The summed E-state index contributed by atoms with van der Waals surface area (Å²) in [6, 6.07) is 23.6. The van der Waals surface area contributed by atoms with Gasteiger partial charge in [0.2, 0.25) is 0 Å². The Morgan fingerprint density at radius 2 is 1.64 bits per heavy atom. The summed E-state index contributed by atoms with van der Waals surface area (Å²) >= 11 is 0. The molecule has 2 amide bonds. The van der Waals surface area contributed by atoms with E-state index in [1.165, 1.54) is 12.1 Å². The van der Waals surface area contributed by atoms with Gasteiger partial charge in [0, 0.05) is 5.56 Å². The molecule has 3 aromatic rings. The van der Waals surface area contributed by atoms with Crippen LogP contribution in [0.1, 0.15) is 99.0 Å². The van der Waals surface area contributed by atoms with E-state index >= 15 is 0 Å². The summed E-state index contributed by atoms with van der Waals surface area (Å²) in [6.07, 6.45) is 3.35. The molecule has 1 saturated carbocycles. The van der Waals surface area contributed by atoms with Crippen molar-refractivity contribution in [1.29, 1.82) is 5.26 Å². The minimum Gasteiger partial charge on any atom is -0.444 e. The molecule has 0 aromatic heterocycles. The number of nitrogens with one attached hydrogen (secondary N) is 2. The van der Waals surface area contributed by atoms with E-state index in [-0.39, 0.29) is 31.0 Å². The fourth-order valence-corrected chi connectivity index (χ4v) is 5.86. The highest BCUT2D eigenvalue weighted by Crippen LogP contribution is 2.41. The molecule has 7 nitrogen and oxygen atoms in total. The van der Waals surface area contributed by atoms with Crippen molar-refractivity contribution in [2.45, 2.75) is 95.9 Å². The van der Waals surface area contributed by atoms with Crippen molar-refractivity contribution in [2.75, 3.05) is 6.61 Å². The number of nitriles is 1. The van der Waals surface area contributed by atoms with Crippen molar-refractivity contribution < 1.29 is 23.5 Å².